The van der Waals surface area contributed by atoms with Crippen LogP contribution in [0.15, 0.2) is 273 Å². The van der Waals surface area contributed by atoms with Crippen LogP contribution in [-0.2, 0) is 22.2 Å². The van der Waals surface area contributed by atoms with E-state index in [1.807, 2.05) is 240 Å². The van der Waals surface area contributed by atoms with E-state index < -0.39 is 51.4 Å². The van der Waals surface area contributed by atoms with Gasteiger partial charge in [0.2, 0.25) is 0 Å². The Kier molecular flexibility index (Phi) is 17.3. The molecular formula is C118H129N10+5. The molecule has 10 heterocycles. The van der Waals surface area contributed by atoms with E-state index in [1.165, 1.54) is 59.9 Å². The monoisotopic (exact) mass is 1700 g/mol. The second kappa shape index (κ2) is 32.6. The molecule has 0 amide bonds. The molecule has 646 valence electrons. The normalized spacial score (nSPS) is 21.3. The molecule has 2 fully saturated rings. The Morgan fingerprint density at radius 2 is 0.562 bits per heavy atom. The van der Waals surface area contributed by atoms with Gasteiger partial charge in [-0.15, -0.1) is 0 Å². The first-order valence-electron chi connectivity index (χ1n) is 53.9. The van der Waals surface area contributed by atoms with Crippen molar-refractivity contribution in [2.45, 2.75) is 231 Å². The molecule has 10 nitrogen and oxygen atoms in total. The van der Waals surface area contributed by atoms with Crippen molar-refractivity contribution >= 4 is 0 Å². The minimum Gasteiger partial charge on any atom is -0.220 e. The zero-order valence-corrected chi connectivity index (χ0v) is 77.0. The first kappa shape index (κ1) is 67.7. The minimum atomic E-state index is -2.35. The molecule has 7 aliphatic rings. The topological polar surface area (TPSA) is 44.0 Å². The van der Waals surface area contributed by atoms with Crippen molar-refractivity contribution in [2.24, 2.45) is 11.8 Å². The van der Waals surface area contributed by atoms with Crippen LogP contribution in [-0.4, -0.2) is 22.8 Å². The molecule has 0 radical (unpaired) electrons. The third kappa shape index (κ3) is 12.8. The summed E-state index contributed by atoms with van der Waals surface area (Å²) < 4.78 is 156. The van der Waals surface area contributed by atoms with Crippen LogP contribution in [0.4, 0.5) is 0 Å². The molecule has 5 aliphatic heterocycles. The first-order chi connectivity index (χ1) is 68.1. The lowest BCUT2D eigenvalue weighted by molar-refractivity contribution is -0.749. The number of rotatable bonds is 8. The van der Waals surface area contributed by atoms with Gasteiger partial charge in [-0.05, 0) is 160 Å². The molecule has 2 aliphatic carbocycles. The number of para-hydroxylation sites is 5. The zero-order valence-electron chi connectivity index (χ0n) is 93.0. The number of aromatic nitrogens is 10. The van der Waals surface area contributed by atoms with E-state index >= 15 is 0 Å². The Morgan fingerprint density at radius 3 is 0.961 bits per heavy atom. The van der Waals surface area contributed by atoms with Crippen molar-refractivity contribution in [1.29, 1.82) is 0 Å². The van der Waals surface area contributed by atoms with Crippen molar-refractivity contribution in [3.8, 4) is 84.7 Å². The van der Waals surface area contributed by atoms with Gasteiger partial charge >= 0.3 is 0 Å². The number of imidazole rings is 5. The minimum absolute atomic E-state index is 0.174. The van der Waals surface area contributed by atoms with E-state index in [9.17, 15) is 0 Å². The van der Waals surface area contributed by atoms with Crippen LogP contribution in [0.5, 0.6) is 0 Å². The molecule has 11 aromatic carbocycles. The van der Waals surface area contributed by atoms with Gasteiger partial charge in [-0.2, -0.15) is 22.8 Å². The molecule has 128 heavy (non-hydrogen) atoms. The fraction of sp³-hybridized carbons (Fsp3) is 0.314. The number of fused-ring (bicyclic) bond motifs is 15. The van der Waals surface area contributed by atoms with Gasteiger partial charge in [0.05, 0.1) is 1.37 Å². The van der Waals surface area contributed by atoms with E-state index in [0.717, 1.165) is 172 Å². The number of nitrogens with zero attached hydrogens (tertiary/aromatic N) is 10. The number of hydrogen-bond donors (Lipinski definition) is 0. The Balaban J connectivity index is 0.000000114. The van der Waals surface area contributed by atoms with Crippen molar-refractivity contribution in [2.75, 3.05) is 0 Å². The smallest absolute Gasteiger partial charge is 0.220 e. The van der Waals surface area contributed by atoms with E-state index in [0.29, 0.717) is 35.1 Å². The summed E-state index contributed by atoms with van der Waals surface area (Å²) in [5, 5.41) is 0. The molecule has 16 aromatic rings. The standard InChI is InChI=1S/C26H31N2.C26H25N2.C25H29N2.C21H23N2.C20H21N2/c2*1-18-12-8-11-17-24(18)27-19(2)25-22-15-9-10-16-23(22)26(4,28(25)20(27)3)21-13-6-5-7-14-21;1-17-11-5-10-16-23(17)26-18(2)24-21-14-8-9-15-22(21)25(4,27(24)19(26)3)20-12-6-7-13-20;1-14-10-6-9-13-19(14)22-15(2)20-17-11-7-8-12-18(17)21(4,5)23(20)16(22)3;1-13-9-5-8-12-19(13)21-15(3)20-18-11-7-6-10-17(18)14(2)22(20)16(21)4/h8-12,15-17,21H,5-7,13-14H2,1-4H3;5-17H,1-4H3;5,8-11,14-16,20H,6-7,12-13H2,1-4H3;6-13H,1-5H3;5-12,14H,1-4H3/q5*+1/i4*3D3;4D3,14D. The van der Waals surface area contributed by atoms with Crippen LogP contribution in [0.3, 0.4) is 0 Å². The number of aryl methyl sites for hydroxylation is 5. The zero-order chi connectivity index (χ0) is 103. The summed E-state index contributed by atoms with van der Waals surface area (Å²) in [5.41, 5.74) is 30.0. The Bertz CT molecular complexity index is 7570. The molecule has 2 saturated carbocycles. The molecule has 0 bridgehead atoms. The quantitative estimate of drug-likeness (QED) is 0.136. The predicted octanol–water partition coefficient (Wildman–Crippen LogP) is 25.9. The Labute approximate surface area is 782 Å². The average Bonchev–Trinajstić information content (AvgIpc) is 1.53. The molecule has 10 heteroatoms. The summed E-state index contributed by atoms with van der Waals surface area (Å²) in [4.78, 5) is 0. The van der Waals surface area contributed by atoms with Crippen molar-refractivity contribution in [1.82, 2.24) is 22.8 Å². The summed E-state index contributed by atoms with van der Waals surface area (Å²) in [6.45, 7) is 21.6. The summed E-state index contributed by atoms with van der Waals surface area (Å²) in [5.74, 6) is 2.60. The number of benzene rings is 11. The van der Waals surface area contributed by atoms with Gasteiger partial charge in [0.15, 0.2) is 62.5 Å². The molecule has 0 N–H and O–H groups in total. The first-order valence-corrected chi connectivity index (χ1v) is 45.9. The molecule has 23 rings (SSSR count). The van der Waals surface area contributed by atoms with Gasteiger partial charge in [0, 0.05) is 162 Å². The Morgan fingerprint density at radius 1 is 0.281 bits per heavy atom. The van der Waals surface area contributed by atoms with E-state index in [4.69, 9.17) is 21.9 Å². The van der Waals surface area contributed by atoms with E-state index in [2.05, 4.69) is 173 Å². The van der Waals surface area contributed by atoms with E-state index in [-0.39, 0.29) is 16.9 Å². The predicted molar refractivity (Wildman–Crippen MR) is 523 cm³/mol. The Hall–Kier alpha value is -12.5. The summed E-state index contributed by atoms with van der Waals surface area (Å²) in [6, 6.07) is 90.2. The third-order valence-corrected chi connectivity index (χ3v) is 30.1. The average molecular weight is 1700 g/mol. The summed E-state index contributed by atoms with van der Waals surface area (Å²) in [6.07, 6.45) is 10.7. The van der Waals surface area contributed by atoms with Gasteiger partial charge in [0.1, 0.15) is 51.1 Å². The highest BCUT2D eigenvalue weighted by Gasteiger charge is 2.57. The highest BCUT2D eigenvalue weighted by atomic mass is 15.3. The molecule has 4 atom stereocenters. The molecule has 4 unspecified atom stereocenters. The van der Waals surface area contributed by atoms with Crippen molar-refractivity contribution in [3.05, 3.63) is 392 Å². The van der Waals surface area contributed by atoms with Crippen LogP contribution in [0.25, 0.3) is 84.7 Å². The van der Waals surface area contributed by atoms with Crippen molar-refractivity contribution < 1.29 is 44.8 Å². The molecular weight excluding hydrogens is 1560 g/mol. The second-order valence-corrected chi connectivity index (χ2v) is 37.5. The van der Waals surface area contributed by atoms with Gasteiger partial charge < -0.3 is 0 Å². The van der Waals surface area contributed by atoms with Crippen LogP contribution >= 0.6 is 0 Å². The maximum atomic E-state index is 9.00. The third-order valence-electron chi connectivity index (χ3n) is 30.1. The number of hydrogen-bond acceptors (Lipinski definition) is 0. The molecule has 5 aromatic heterocycles. The fourth-order valence-electron chi connectivity index (χ4n) is 23.7. The second-order valence-electron chi connectivity index (χ2n) is 37.5. The van der Waals surface area contributed by atoms with E-state index in [1.54, 1.807) is 16.1 Å². The van der Waals surface area contributed by atoms with Crippen LogP contribution in [0.1, 0.15) is 246 Å². The van der Waals surface area contributed by atoms with Gasteiger partial charge in [0.25, 0.3) is 29.1 Å². The van der Waals surface area contributed by atoms with Crippen LogP contribution in [0.2, 0.25) is 0 Å². The largest absolute Gasteiger partial charge is 0.260 e. The highest BCUT2D eigenvalue weighted by Crippen LogP contribution is 2.53. The van der Waals surface area contributed by atoms with Crippen LogP contribution < -0.4 is 22.8 Å². The van der Waals surface area contributed by atoms with Gasteiger partial charge in [-0.3, -0.25) is 0 Å². The van der Waals surface area contributed by atoms with Crippen LogP contribution in [0, 0.1) is 115 Å². The fourth-order valence-corrected chi connectivity index (χ4v) is 23.7. The van der Waals surface area contributed by atoms with Crippen molar-refractivity contribution in [3.63, 3.8) is 0 Å². The van der Waals surface area contributed by atoms with Gasteiger partial charge in [-0.25, -0.2) is 22.8 Å². The maximum Gasteiger partial charge on any atom is 0.260 e. The summed E-state index contributed by atoms with van der Waals surface area (Å²) in [7, 11) is 0. The van der Waals surface area contributed by atoms with Gasteiger partial charge in [-0.1, -0.05) is 275 Å². The SMILES string of the molecule is [2H]C([2H])([2H])c1n(-c2ccccc2C)c(C)c2[n+]1C(C)(C)c1ccccc1-2.[2H]C([2H])([2H])c1n(-c2ccccc2C)c(C)c2[n+]1C(C)(C1CCCC1)c1ccccc1-2.[2H]C([2H])([2H])c1n(-c2ccccc2C)c(C)c2[n+]1C(C)(C1CCCCC1)c1ccccc1-2.[2H]C([2H])([2H])c1n(-c2ccccc2C)c(C)c2[n+]1C(C)(c1ccccc1)c1ccccc1-2.[2H]C([2H])([2H])c1n(-c2ccccc2C)c(C)c2[n+]1C([2H])(C)c1ccccc1-2. The highest BCUT2D eigenvalue weighted by molar-refractivity contribution is 5.74. The lowest BCUT2D eigenvalue weighted by atomic mass is 9.72. The summed E-state index contributed by atoms with van der Waals surface area (Å²) >= 11 is 0. The lowest BCUT2D eigenvalue weighted by Crippen LogP contribution is -2.58. The maximum absolute atomic E-state index is 9.00. The molecule has 0 spiro atoms. The lowest BCUT2D eigenvalue weighted by Gasteiger charge is -2.36. The molecule has 0 saturated heterocycles.